The van der Waals surface area contributed by atoms with Crippen LogP contribution in [0.15, 0.2) is 24.3 Å². The predicted octanol–water partition coefficient (Wildman–Crippen LogP) is 4.85. The van der Waals surface area contributed by atoms with Crippen molar-refractivity contribution in [2.24, 2.45) is 0 Å². The standard InChI is InChI=1S/C14H21ClS/c1-3-16-10-4-5-14(11-15)13-8-6-12(2)7-9-13/h6-9,14H,3-5,10-11H2,1-2H3. The van der Waals surface area contributed by atoms with Crippen molar-refractivity contribution in [1.82, 2.24) is 0 Å². The minimum atomic E-state index is 0.528. The van der Waals surface area contributed by atoms with Crippen LogP contribution in [0.4, 0.5) is 0 Å². The highest BCUT2D eigenvalue weighted by atomic mass is 35.5. The normalized spacial score (nSPS) is 12.7. The molecule has 0 aromatic heterocycles. The molecule has 2 heteroatoms. The van der Waals surface area contributed by atoms with E-state index in [9.17, 15) is 0 Å². The highest BCUT2D eigenvalue weighted by molar-refractivity contribution is 7.99. The molecule has 0 heterocycles. The van der Waals surface area contributed by atoms with Gasteiger partial charge in [-0.05, 0) is 42.8 Å². The van der Waals surface area contributed by atoms with Crippen LogP contribution in [-0.2, 0) is 0 Å². The lowest BCUT2D eigenvalue weighted by molar-refractivity contribution is 0.674. The summed E-state index contributed by atoms with van der Waals surface area (Å²) in [7, 11) is 0. The maximum atomic E-state index is 6.05. The molecule has 0 saturated carbocycles. The zero-order valence-electron chi connectivity index (χ0n) is 10.2. The van der Waals surface area contributed by atoms with E-state index in [0.717, 1.165) is 5.88 Å². The van der Waals surface area contributed by atoms with E-state index in [2.05, 4.69) is 38.1 Å². The first kappa shape index (κ1) is 13.9. The molecule has 1 aromatic carbocycles. The van der Waals surface area contributed by atoms with Crippen LogP contribution in [0, 0.1) is 6.92 Å². The largest absolute Gasteiger partial charge is 0.162 e. The lowest BCUT2D eigenvalue weighted by atomic mass is 9.96. The van der Waals surface area contributed by atoms with Crippen LogP contribution < -0.4 is 0 Å². The van der Waals surface area contributed by atoms with Gasteiger partial charge in [0.1, 0.15) is 0 Å². The number of rotatable bonds is 7. The molecule has 0 radical (unpaired) electrons. The summed E-state index contributed by atoms with van der Waals surface area (Å²) in [5.41, 5.74) is 2.71. The van der Waals surface area contributed by atoms with Crippen molar-refractivity contribution in [3.05, 3.63) is 35.4 Å². The molecule has 0 nitrogen and oxygen atoms in total. The summed E-state index contributed by atoms with van der Waals surface area (Å²) < 4.78 is 0. The second-order valence-electron chi connectivity index (χ2n) is 4.10. The number of halogens is 1. The fraction of sp³-hybridized carbons (Fsp3) is 0.571. The Morgan fingerprint density at radius 2 is 1.94 bits per heavy atom. The molecule has 0 bridgehead atoms. The molecule has 0 aliphatic heterocycles. The Kier molecular flexibility index (Phi) is 6.98. The van der Waals surface area contributed by atoms with Crippen LogP contribution >= 0.6 is 23.4 Å². The topological polar surface area (TPSA) is 0 Å². The zero-order chi connectivity index (χ0) is 11.8. The summed E-state index contributed by atoms with van der Waals surface area (Å²) in [6.07, 6.45) is 2.48. The van der Waals surface area contributed by atoms with Crippen LogP contribution in [0.5, 0.6) is 0 Å². The first-order valence-corrected chi connectivity index (χ1v) is 7.67. The number of benzene rings is 1. The Balaban J connectivity index is 2.44. The highest BCUT2D eigenvalue weighted by Gasteiger charge is 2.09. The second-order valence-corrected chi connectivity index (χ2v) is 5.80. The van der Waals surface area contributed by atoms with Gasteiger partial charge >= 0.3 is 0 Å². The number of aryl methyl sites for hydroxylation is 1. The van der Waals surface area contributed by atoms with E-state index in [1.54, 1.807) is 0 Å². The van der Waals surface area contributed by atoms with E-state index in [-0.39, 0.29) is 0 Å². The number of alkyl halides is 1. The molecule has 1 rings (SSSR count). The van der Waals surface area contributed by atoms with Gasteiger partial charge in [0.15, 0.2) is 0 Å². The van der Waals surface area contributed by atoms with Gasteiger partial charge in [0.2, 0.25) is 0 Å². The molecule has 0 amide bonds. The Hall–Kier alpha value is -0.140. The summed E-state index contributed by atoms with van der Waals surface area (Å²) in [4.78, 5) is 0. The lowest BCUT2D eigenvalue weighted by Gasteiger charge is -2.14. The van der Waals surface area contributed by atoms with E-state index in [0.29, 0.717) is 5.92 Å². The summed E-state index contributed by atoms with van der Waals surface area (Å²) in [5, 5.41) is 0. The average molecular weight is 257 g/mol. The fourth-order valence-electron chi connectivity index (χ4n) is 1.75. The van der Waals surface area contributed by atoms with Gasteiger partial charge in [-0.2, -0.15) is 11.8 Å². The molecule has 1 atom stereocenters. The Morgan fingerprint density at radius 3 is 2.50 bits per heavy atom. The summed E-state index contributed by atoms with van der Waals surface area (Å²) in [6.45, 7) is 4.33. The van der Waals surface area contributed by atoms with Gasteiger partial charge in [-0.3, -0.25) is 0 Å². The molecule has 1 aromatic rings. The molecule has 0 aliphatic rings. The number of hydrogen-bond acceptors (Lipinski definition) is 1. The Bertz CT molecular complexity index is 281. The molecule has 90 valence electrons. The Morgan fingerprint density at radius 1 is 1.25 bits per heavy atom. The van der Waals surface area contributed by atoms with Gasteiger partial charge < -0.3 is 0 Å². The maximum absolute atomic E-state index is 6.05. The second kappa shape index (κ2) is 8.03. The van der Waals surface area contributed by atoms with E-state index >= 15 is 0 Å². The monoisotopic (exact) mass is 256 g/mol. The minimum Gasteiger partial charge on any atom is -0.162 e. The van der Waals surface area contributed by atoms with Crippen LogP contribution in [-0.4, -0.2) is 17.4 Å². The van der Waals surface area contributed by atoms with E-state index in [1.807, 2.05) is 11.8 Å². The molecule has 16 heavy (non-hydrogen) atoms. The van der Waals surface area contributed by atoms with Gasteiger partial charge in [-0.15, -0.1) is 11.6 Å². The average Bonchev–Trinajstić information content (AvgIpc) is 2.31. The van der Waals surface area contributed by atoms with Crippen LogP contribution in [0.25, 0.3) is 0 Å². The van der Waals surface area contributed by atoms with E-state index in [4.69, 9.17) is 11.6 Å². The molecule has 1 unspecified atom stereocenters. The van der Waals surface area contributed by atoms with Crippen molar-refractivity contribution in [1.29, 1.82) is 0 Å². The molecular formula is C14H21ClS. The van der Waals surface area contributed by atoms with E-state index < -0.39 is 0 Å². The number of hydrogen-bond donors (Lipinski definition) is 0. The molecular weight excluding hydrogens is 236 g/mol. The summed E-state index contributed by atoms with van der Waals surface area (Å²) in [6, 6.07) is 8.79. The number of thioether (sulfide) groups is 1. The van der Waals surface area contributed by atoms with Crippen molar-refractivity contribution in [3.8, 4) is 0 Å². The SMILES string of the molecule is CCSCCCC(CCl)c1ccc(C)cc1. The summed E-state index contributed by atoms with van der Waals surface area (Å²) >= 11 is 8.06. The first-order valence-electron chi connectivity index (χ1n) is 5.98. The fourth-order valence-corrected chi connectivity index (χ4v) is 2.74. The minimum absolute atomic E-state index is 0.528. The van der Waals surface area contributed by atoms with Crippen molar-refractivity contribution in [2.75, 3.05) is 17.4 Å². The van der Waals surface area contributed by atoms with Crippen molar-refractivity contribution in [2.45, 2.75) is 32.6 Å². The van der Waals surface area contributed by atoms with Crippen LogP contribution in [0.1, 0.15) is 36.8 Å². The quantitative estimate of drug-likeness (QED) is 0.496. The van der Waals surface area contributed by atoms with Gasteiger partial charge in [0.25, 0.3) is 0 Å². The third-order valence-electron chi connectivity index (χ3n) is 2.78. The lowest BCUT2D eigenvalue weighted by Crippen LogP contribution is -2.01. The van der Waals surface area contributed by atoms with Gasteiger partial charge in [0.05, 0.1) is 0 Å². The van der Waals surface area contributed by atoms with Crippen LogP contribution in [0.2, 0.25) is 0 Å². The van der Waals surface area contributed by atoms with Gasteiger partial charge in [0, 0.05) is 5.88 Å². The van der Waals surface area contributed by atoms with E-state index in [1.165, 1.54) is 35.5 Å². The Labute approximate surface area is 109 Å². The third kappa shape index (κ3) is 4.80. The molecule has 0 N–H and O–H groups in total. The molecule has 0 fully saturated rings. The van der Waals surface area contributed by atoms with Gasteiger partial charge in [-0.1, -0.05) is 36.8 Å². The van der Waals surface area contributed by atoms with Crippen LogP contribution in [0.3, 0.4) is 0 Å². The smallest absolute Gasteiger partial charge is 0.0292 e. The predicted molar refractivity (Wildman–Crippen MR) is 76.9 cm³/mol. The zero-order valence-corrected chi connectivity index (χ0v) is 11.8. The van der Waals surface area contributed by atoms with Crippen molar-refractivity contribution >= 4 is 23.4 Å². The van der Waals surface area contributed by atoms with Crippen molar-refractivity contribution in [3.63, 3.8) is 0 Å². The van der Waals surface area contributed by atoms with Crippen molar-refractivity contribution < 1.29 is 0 Å². The molecule has 0 saturated heterocycles. The highest BCUT2D eigenvalue weighted by Crippen LogP contribution is 2.24. The first-order chi connectivity index (χ1) is 7.77. The summed E-state index contributed by atoms with van der Waals surface area (Å²) in [5.74, 6) is 3.74. The third-order valence-corrected chi connectivity index (χ3v) is 4.14. The molecule has 0 aliphatic carbocycles. The molecule has 0 spiro atoms. The van der Waals surface area contributed by atoms with Gasteiger partial charge in [-0.25, -0.2) is 0 Å². The maximum Gasteiger partial charge on any atom is 0.0292 e.